The predicted octanol–water partition coefficient (Wildman–Crippen LogP) is 3.03. The molecule has 3 nitrogen and oxygen atoms in total. The molecule has 0 unspecified atom stereocenters. The maximum atomic E-state index is 11.3. The molecule has 1 saturated carbocycles. The highest BCUT2D eigenvalue weighted by atomic mass is 32.2. The van der Waals surface area contributed by atoms with Crippen molar-refractivity contribution in [1.29, 1.82) is 0 Å². The zero-order valence-corrected chi connectivity index (χ0v) is 13.2. The molecule has 20 heavy (non-hydrogen) atoms. The Kier molecular flexibility index (Phi) is 5.49. The van der Waals surface area contributed by atoms with Crippen molar-refractivity contribution < 1.29 is 9.53 Å². The smallest absolute Gasteiger partial charge is 0.193 e. The van der Waals surface area contributed by atoms with Crippen LogP contribution in [0.15, 0.2) is 24.3 Å². The molecule has 1 aromatic rings. The van der Waals surface area contributed by atoms with Crippen molar-refractivity contribution in [3.05, 3.63) is 29.8 Å². The van der Waals surface area contributed by atoms with E-state index in [0.717, 1.165) is 24.2 Å². The number of ether oxygens (including phenoxy) is 1. The van der Waals surface area contributed by atoms with Crippen LogP contribution in [-0.2, 0) is 11.2 Å². The van der Waals surface area contributed by atoms with Gasteiger partial charge in [-0.05, 0) is 36.8 Å². The van der Waals surface area contributed by atoms with Gasteiger partial charge in [-0.2, -0.15) is 0 Å². The van der Waals surface area contributed by atoms with Gasteiger partial charge < -0.3 is 10.1 Å². The second-order valence-corrected chi connectivity index (χ2v) is 6.49. The fourth-order valence-corrected chi connectivity index (χ4v) is 2.70. The summed E-state index contributed by atoms with van der Waals surface area (Å²) in [6.45, 7) is 4.34. The molecule has 0 aliphatic heterocycles. The maximum Gasteiger partial charge on any atom is 0.193 e. The summed E-state index contributed by atoms with van der Waals surface area (Å²) >= 11 is 1.28. The largest absolute Gasteiger partial charge is 0.490 e. The average Bonchev–Trinajstić information content (AvgIpc) is 2.37. The van der Waals surface area contributed by atoms with Gasteiger partial charge in [0.25, 0.3) is 0 Å². The van der Waals surface area contributed by atoms with Crippen LogP contribution < -0.4 is 10.1 Å². The maximum absolute atomic E-state index is 11.3. The van der Waals surface area contributed by atoms with E-state index in [0.29, 0.717) is 24.6 Å². The summed E-state index contributed by atoms with van der Waals surface area (Å²) in [7, 11) is 0. The summed E-state index contributed by atoms with van der Waals surface area (Å²) in [5.41, 5.74) is 1.05. The second-order valence-electron chi connectivity index (χ2n) is 5.63. The van der Waals surface area contributed by atoms with Crippen LogP contribution in [0, 0.1) is 0 Å². The Labute approximate surface area is 125 Å². The summed E-state index contributed by atoms with van der Waals surface area (Å²) in [5.74, 6) is 0.901. The standard InChI is InChI=1S/C16H23NO2S/c1-11(2)17-13-9-15(10-13)19-14-6-4-12(5-7-14)8-16(18)20-3/h4-7,11,13,15,17H,8-10H2,1-3H3/t13-,15-. The van der Waals surface area contributed by atoms with E-state index in [9.17, 15) is 4.79 Å². The summed E-state index contributed by atoms with van der Waals surface area (Å²) < 4.78 is 5.92. The van der Waals surface area contributed by atoms with E-state index in [2.05, 4.69) is 19.2 Å². The number of rotatable bonds is 6. The van der Waals surface area contributed by atoms with Crippen LogP contribution >= 0.6 is 11.8 Å². The lowest BCUT2D eigenvalue weighted by Gasteiger charge is -2.37. The quantitative estimate of drug-likeness (QED) is 0.875. The molecule has 0 spiro atoms. The predicted molar refractivity (Wildman–Crippen MR) is 84.4 cm³/mol. The molecule has 0 radical (unpaired) electrons. The number of carbonyl (C=O) groups is 1. The minimum absolute atomic E-state index is 0.195. The van der Waals surface area contributed by atoms with Crippen molar-refractivity contribution in [2.75, 3.05) is 6.26 Å². The molecule has 2 rings (SSSR count). The van der Waals surface area contributed by atoms with Gasteiger partial charge in [0.05, 0.1) is 0 Å². The fraction of sp³-hybridized carbons (Fsp3) is 0.562. The van der Waals surface area contributed by atoms with Crippen molar-refractivity contribution in [2.24, 2.45) is 0 Å². The first-order valence-corrected chi connectivity index (χ1v) is 8.37. The molecular weight excluding hydrogens is 270 g/mol. The third-order valence-corrected chi connectivity index (χ3v) is 4.07. The summed E-state index contributed by atoms with van der Waals surface area (Å²) in [4.78, 5) is 11.3. The molecule has 1 N–H and O–H groups in total. The third kappa shape index (κ3) is 4.53. The number of hydrogen-bond donors (Lipinski definition) is 1. The molecule has 1 aromatic carbocycles. The number of carbonyl (C=O) groups excluding carboxylic acids is 1. The van der Waals surface area contributed by atoms with Crippen molar-refractivity contribution in [3.8, 4) is 5.75 Å². The Bertz CT molecular complexity index is 438. The van der Waals surface area contributed by atoms with Crippen LogP contribution in [0.1, 0.15) is 32.3 Å². The number of hydrogen-bond acceptors (Lipinski definition) is 4. The topological polar surface area (TPSA) is 38.3 Å². The van der Waals surface area contributed by atoms with Gasteiger partial charge >= 0.3 is 0 Å². The van der Waals surface area contributed by atoms with Crippen molar-refractivity contribution >= 4 is 16.9 Å². The SMILES string of the molecule is CSC(=O)Cc1ccc(O[C@H]2C[C@H](NC(C)C)C2)cc1. The Hall–Kier alpha value is -1.00. The fourth-order valence-electron chi connectivity index (χ4n) is 2.39. The van der Waals surface area contributed by atoms with E-state index in [1.807, 2.05) is 30.5 Å². The molecule has 0 heterocycles. The molecule has 0 amide bonds. The summed E-state index contributed by atoms with van der Waals surface area (Å²) in [5, 5.41) is 3.71. The van der Waals surface area contributed by atoms with Crippen LogP contribution in [0.5, 0.6) is 5.75 Å². The molecule has 1 fully saturated rings. The van der Waals surface area contributed by atoms with Crippen LogP contribution in [0.3, 0.4) is 0 Å². The number of nitrogens with one attached hydrogen (secondary N) is 1. The molecule has 4 heteroatoms. The third-order valence-electron chi connectivity index (χ3n) is 3.47. The van der Waals surface area contributed by atoms with E-state index in [1.54, 1.807) is 0 Å². The molecule has 1 aliphatic carbocycles. The average molecular weight is 293 g/mol. The number of benzene rings is 1. The highest BCUT2D eigenvalue weighted by Crippen LogP contribution is 2.26. The van der Waals surface area contributed by atoms with Gasteiger partial charge in [-0.15, -0.1) is 0 Å². The molecule has 1 aliphatic rings. The first kappa shape index (κ1) is 15.4. The minimum atomic E-state index is 0.195. The Morgan fingerprint density at radius 2 is 2.00 bits per heavy atom. The lowest BCUT2D eigenvalue weighted by Crippen LogP contribution is -2.49. The first-order chi connectivity index (χ1) is 9.56. The number of thioether (sulfide) groups is 1. The van der Waals surface area contributed by atoms with Crippen LogP contribution in [0.2, 0.25) is 0 Å². The van der Waals surface area contributed by atoms with Gasteiger partial charge in [0.1, 0.15) is 11.9 Å². The molecule has 0 saturated heterocycles. The van der Waals surface area contributed by atoms with Gasteiger partial charge in [-0.1, -0.05) is 37.7 Å². The van der Waals surface area contributed by atoms with Gasteiger partial charge in [0.2, 0.25) is 0 Å². The van der Waals surface area contributed by atoms with E-state index in [4.69, 9.17) is 4.74 Å². The van der Waals surface area contributed by atoms with Crippen molar-refractivity contribution in [3.63, 3.8) is 0 Å². The van der Waals surface area contributed by atoms with E-state index in [-0.39, 0.29) is 5.12 Å². The lowest BCUT2D eigenvalue weighted by molar-refractivity contribution is -0.110. The molecular formula is C16H23NO2S. The van der Waals surface area contributed by atoms with E-state index < -0.39 is 0 Å². The minimum Gasteiger partial charge on any atom is -0.490 e. The first-order valence-electron chi connectivity index (χ1n) is 7.15. The highest BCUT2D eigenvalue weighted by Gasteiger charge is 2.30. The summed E-state index contributed by atoms with van der Waals surface area (Å²) in [6, 6.07) is 9.02. The molecule has 0 aromatic heterocycles. The van der Waals surface area contributed by atoms with Crippen LogP contribution in [0.4, 0.5) is 0 Å². The normalized spacial score (nSPS) is 21.6. The Morgan fingerprint density at radius 3 is 2.55 bits per heavy atom. The molecule has 0 bridgehead atoms. The Balaban J connectivity index is 1.76. The van der Waals surface area contributed by atoms with Gasteiger partial charge in [-0.3, -0.25) is 4.79 Å². The second kappa shape index (κ2) is 7.14. The lowest BCUT2D eigenvalue weighted by atomic mass is 9.88. The molecule has 110 valence electrons. The molecule has 0 atom stereocenters. The van der Waals surface area contributed by atoms with Crippen molar-refractivity contribution in [1.82, 2.24) is 5.32 Å². The van der Waals surface area contributed by atoms with Gasteiger partial charge in [0, 0.05) is 18.5 Å². The van der Waals surface area contributed by atoms with Crippen LogP contribution in [0.25, 0.3) is 0 Å². The van der Waals surface area contributed by atoms with E-state index in [1.165, 1.54) is 11.8 Å². The monoisotopic (exact) mass is 293 g/mol. The van der Waals surface area contributed by atoms with Gasteiger partial charge in [-0.25, -0.2) is 0 Å². The zero-order chi connectivity index (χ0) is 14.5. The van der Waals surface area contributed by atoms with E-state index >= 15 is 0 Å². The van der Waals surface area contributed by atoms with Crippen LogP contribution in [-0.4, -0.2) is 29.6 Å². The Morgan fingerprint density at radius 1 is 1.35 bits per heavy atom. The highest BCUT2D eigenvalue weighted by molar-refractivity contribution is 8.13. The van der Waals surface area contributed by atoms with Gasteiger partial charge in [0.15, 0.2) is 5.12 Å². The summed E-state index contributed by atoms with van der Waals surface area (Å²) in [6.07, 6.45) is 4.78. The zero-order valence-electron chi connectivity index (χ0n) is 12.4. The van der Waals surface area contributed by atoms with Crippen molar-refractivity contribution in [2.45, 2.75) is 51.3 Å².